The van der Waals surface area contributed by atoms with E-state index >= 15 is 0 Å². The van der Waals surface area contributed by atoms with Gasteiger partial charge in [0.15, 0.2) is 28.9 Å². The molecule has 0 aliphatic carbocycles. The average molecular weight is 558 g/mol. The number of thiophene rings is 1. The number of thiocarbonyl (C=S) groups is 1. The highest BCUT2D eigenvalue weighted by Crippen LogP contribution is 2.39. The smallest absolute Gasteiger partial charge is 0.303 e. The average Bonchev–Trinajstić information content (AvgIpc) is 3.37. The molecule has 3 rings (SSSR count). The third-order valence-corrected chi connectivity index (χ3v) is 7.01. The van der Waals surface area contributed by atoms with Crippen LogP contribution in [0, 0.1) is 0 Å². The van der Waals surface area contributed by atoms with Crippen LogP contribution in [-0.4, -0.2) is 76.3 Å². The Morgan fingerprint density at radius 1 is 1.00 bits per heavy atom. The topological polar surface area (TPSA) is 135 Å². The van der Waals surface area contributed by atoms with Gasteiger partial charge in [0.2, 0.25) is 0 Å². The summed E-state index contributed by atoms with van der Waals surface area (Å²) >= 11 is 7.88. The molecule has 1 aromatic heterocycles. The summed E-state index contributed by atoms with van der Waals surface area (Å²) in [4.78, 5) is 63.0. The molecular formula is C22H23NO10S3. The van der Waals surface area contributed by atoms with E-state index in [4.69, 9.17) is 35.9 Å². The number of carbonyl (C=O) groups is 5. The van der Waals surface area contributed by atoms with E-state index in [0.717, 1.165) is 42.3 Å². The maximum Gasteiger partial charge on any atom is 0.303 e. The fraction of sp³-hybridized carbons (Fsp3) is 0.455. The van der Waals surface area contributed by atoms with Crippen molar-refractivity contribution in [3.8, 4) is 0 Å². The Labute approximate surface area is 220 Å². The molecule has 2 fully saturated rings. The minimum absolute atomic E-state index is 0.101. The molecule has 5 atom stereocenters. The van der Waals surface area contributed by atoms with Gasteiger partial charge in [-0.2, -0.15) is 0 Å². The number of amides is 1. The number of hydrogen-bond donors (Lipinski definition) is 0. The summed E-state index contributed by atoms with van der Waals surface area (Å²) in [5, 5.41) is 1.85. The quantitative estimate of drug-likeness (QED) is 0.210. The number of nitrogens with zero attached hydrogens (tertiary/aromatic N) is 1. The van der Waals surface area contributed by atoms with Gasteiger partial charge in [0.1, 0.15) is 12.7 Å². The normalized spacial score (nSPS) is 27.1. The number of esters is 4. The van der Waals surface area contributed by atoms with E-state index in [1.807, 2.05) is 17.5 Å². The molecule has 0 saturated carbocycles. The standard InChI is InChI=1S/C22H23NO10S3/c1-10(24)29-9-15-17(30-11(2)25)18(31-12(3)26)19(32-13(4)27)21(33-15)23-20(28)16(36-22(23)34)8-14-6-5-7-35-14/h5-8,15,17-19,21H,9H2,1-4H3/b16-8+/t15-,17-,18-,19-,21+/m0/s1. The van der Waals surface area contributed by atoms with Crippen molar-refractivity contribution in [1.82, 2.24) is 4.90 Å². The van der Waals surface area contributed by atoms with Gasteiger partial charge in [-0.05, 0) is 17.5 Å². The molecule has 0 aromatic carbocycles. The molecule has 0 N–H and O–H groups in total. The Balaban J connectivity index is 2.04. The predicted octanol–water partition coefficient (Wildman–Crippen LogP) is 2.03. The summed E-state index contributed by atoms with van der Waals surface area (Å²) in [5.74, 6) is -3.47. The van der Waals surface area contributed by atoms with Gasteiger partial charge in [0.25, 0.3) is 5.91 Å². The first-order chi connectivity index (χ1) is 17.0. The van der Waals surface area contributed by atoms with Crippen LogP contribution in [0.5, 0.6) is 0 Å². The van der Waals surface area contributed by atoms with Crippen molar-refractivity contribution < 1.29 is 47.7 Å². The van der Waals surface area contributed by atoms with Gasteiger partial charge in [0, 0.05) is 32.6 Å². The van der Waals surface area contributed by atoms with Gasteiger partial charge in [-0.25, -0.2) is 0 Å². The van der Waals surface area contributed by atoms with Gasteiger partial charge in [0.05, 0.1) is 4.91 Å². The molecule has 0 bridgehead atoms. The lowest BCUT2D eigenvalue weighted by molar-refractivity contribution is -0.268. The number of carbonyl (C=O) groups excluding carboxylic acids is 5. The lowest BCUT2D eigenvalue weighted by Crippen LogP contribution is -2.66. The van der Waals surface area contributed by atoms with Gasteiger partial charge < -0.3 is 23.7 Å². The number of hydrogen-bond acceptors (Lipinski definition) is 13. The lowest BCUT2D eigenvalue weighted by atomic mass is 9.96. The molecule has 1 aromatic rings. The fourth-order valence-corrected chi connectivity index (χ4v) is 5.65. The van der Waals surface area contributed by atoms with Crippen molar-refractivity contribution in [2.24, 2.45) is 0 Å². The van der Waals surface area contributed by atoms with E-state index < -0.39 is 67.0 Å². The monoisotopic (exact) mass is 557 g/mol. The maximum absolute atomic E-state index is 13.4. The summed E-state index contributed by atoms with van der Waals surface area (Å²) in [6, 6.07) is 3.66. The van der Waals surface area contributed by atoms with E-state index in [-0.39, 0.29) is 4.32 Å². The van der Waals surface area contributed by atoms with Crippen LogP contribution in [0.15, 0.2) is 22.4 Å². The van der Waals surface area contributed by atoms with E-state index in [1.54, 1.807) is 6.08 Å². The predicted molar refractivity (Wildman–Crippen MR) is 131 cm³/mol. The van der Waals surface area contributed by atoms with E-state index in [2.05, 4.69) is 0 Å². The summed E-state index contributed by atoms with van der Waals surface area (Å²) in [7, 11) is 0. The van der Waals surface area contributed by atoms with Crippen molar-refractivity contribution in [1.29, 1.82) is 0 Å². The third kappa shape index (κ3) is 6.69. The second-order valence-corrected chi connectivity index (χ2v) is 10.3. The molecule has 0 spiro atoms. The van der Waals surface area contributed by atoms with Crippen LogP contribution in [0.1, 0.15) is 32.6 Å². The van der Waals surface area contributed by atoms with E-state index in [1.165, 1.54) is 18.3 Å². The van der Waals surface area contributed by atoms with Crippen LogP contribution in [0.4, 0.5) is 0 Å². The first kappa shape index (κ1) is 27.8. The first-order valence-electron chi connectivity index (χ1n) is 10.6. The molecule has 2 aliphatic heterocycles. The van der Waals surface area contributed by atoms with Crippen LogP contribution in [0.2, 0.25) is 0 Å². The number of rotatable bonds is 7. The minimum Gasteiger partial charge on any atom is -0.463 e. The number of ether oxygens (including phenoxy) is 5. The molecule has 14 heteroatoms. The Morgan fingerprint density at radius 3 is 2.17 bits per heavy atom. The summed E-state index contributed by atoms with van der Waals surface area (Å²) in [6.45, 7) is 4.12. The van der Waals surface area contributed by atoms with E-state index in [0.29, 0.717) is 4.91 Å². The first-order valence-corrected chi connectivity index (χ1v) is 12.7. The highest BCUT2D eigenvalue weighted by Gasteiger charge is 2.56. The fourth-order valence-electron chi connectivity index (χ4n) is 3.62. The van der Waals surface area contributed by atoms with Crippen molar-refractivity contribution in [3.63, 3.8) is 0 Å². The van der Waals surface area contributed by atoms with Gasteiger partial charge in [-0.3, -0.25) is 28.9 Å². The molecule has 0 radical (unpaired) electrons. The number of thioether (sulfide) groups is 1. The molecule has 194 valence electrons. The van der Waals surface area contributed by atoms with Crippen LogP contribution in [0.3, 0.4) is 0 Å². The lowest BCUT2D eigenvalue weighted by Gasteiger charge is -2.46. The van der Waals surface area contributed by atoms with Crippen LogP contribution >= 0.6 is 35.3 Å². The Kier molecular flexibility index (Phi) is 9.22. The molecule has 11 nitrogen and oxygen atoms in total. The molecule has 1 amide bonds. The van der Waals surface area contributed by atoms with Crippen LogP contribution < -0.4 is 0 Å². The Hall–Kier alpha value is -2.81. The second-order valence-electron chi connectivity index (χ2n) is 7.66. The van der Waals surface area contributed by atoms with Crippen molar-refractivity contribution >= 4 is 75.5 Å². The van der Waals surface area contributed by atoms with Gasteiger partial charge in [-0.15, -0.1) is 11.3 Å². The molecule has 2 aliphatic rings. The molecule has 3 heterocycles. The van der Waals surface area contributed by atoms with Crippen molar-refractivity contribution in [2.45, 2.75) is 58.3 Å². The summed E-state index contributed by atoms with van der Waals surface area (Å²) < 4.78 is 27.4. The Bertz CT molecular complexity index is 1090. The molecule has 0 unspecified atom stereocenters. The summed E-state index contributed by atoms with van der Waals surface area (Å²) in [5.41, 5.74) is 0. The maximum atomic E-state index is 13.4. The minimum atomic E-state index is -1.42. The zero-order valence-electron chi connectivity index (χ0n) is 19.7. The van der Waals surface area contributed by atoms with Crippen LogP contribution in [0.25, 0.3) is 6.08 Å². The molecular weight excluding hydrogens is 534 g/mol. The molecule has 2 saturated heterocycles. The third-order valence-electron chi connectivity index (χ3n) is 4.86. The zero-order valence-corrected chi connectivity index (χ0v) is 22.1. The van der Waals surface area contributed by atoms with Gasteiger partial charge >= 0.3 is 23.9 Å². The second kappa shape index (κ2) is 12.0. The highest BCUT2D eigenvalue weighted by atomic mass is 32.2. The van der Waals surface area contributed by atoms with Crippen LogP contribution in [-0.2, 0) is 47.7 Å². The SMILES string of the molecule is CC(=O)OC[C@@H]1O[C@@H](N2C(=O)/C(=C\c3cccs3)SC2=S)[C@@H](OC(C)=O)[C@@H](OC(C)=O)[C@H]1OC(C)=O. The molecule has 36 heavy (non-hydrogen) atoms. The summed E-state index contributed by atoms with van der Waals surface area (Å²) in [6.07, 6.45) is -5.06. The highest BCUT2D eigenvalue weighted by molar-refractivity contribution is 8.26. The van der Waals surface area contributed by atoms with E-state index in [9.17, 15) is 24.0 Å². The van der Waals surface area contributed by atoms with Gasteiger partial charge in [-0.1, -0.05) is 30.0 Å². The zero-order chi connectivity index (χ0) is 26.6. The van der Waals surface area contributed by atoms with Crippen molar-refractivity contribution in [3.05, 3.63) is 27.3 Å². The Morgan fingerprint density at radius 2 is 1.61 bits per heavy atom. The largest absolute Gasteiger partial charge is 0.463 e. The van der Waals surface area contributed by atoms with Crippen molar-refractivity contribution in [2.75, 3.05) is 6.61 Å².